The van der Waals surface area contributed by atoms with Crippen molar-refractivity contribution in [1.29, 1.82) is 0 Å². The summed E-state index contributed by atoms with van der Waals surface area (Å²) in [6.45, 7) is 0.610. The third kappa shape index (κ3) is 2.70. The molecule has 0 radical (unpaired) electrons. The van der Waals surface area contributed by atoms with Crippen LogP contribution in [0.1, 0.15) is 5.01 Å². The average Bonchev–Trinajstić information content (AvgIpc) is 2.88. The van der Waals surface area contributed by atoms with Crippen LogP contribution in [0.25, 0.3) is 0 Å². The molecule has 1 atom stereocenters. The highest BCUT2D eigenvalue weighted by Gasteiger charge is 2.25. The normalized spacial score (nSPS) is 20.5. The number of likely N-dealkylation sites (N-methyl/N-ethyl adjacent to an activating group) is 1. The zero-order valence-electron chi connectivity index (χ0n) is 8.47. The maximum absolute atomic E-state index is 11.9. The fraction of sp³-hybridized carbons (Fsp3) is 0.556. The van der Waals surface area contributed by atoms with E-state index in [1.807, 2.05) is 12.4 Å². The maximum atomic E-state index is 11.9. The lowest BCUT2D eigenvalue weighted by Gasteiger charge is -2.19. The number of hydrogen-bond donors (Lipinski definition) is 1. The van der Waals surface area contributed by atoms with E-state index >= 15 is 0 Å². The largest absolute Gasteiger partial charge is 0.338 e. The van der Waals surface area contributed by atoms with Gasteiger partial charge in [-0.3, -0.25) is 10.1 Å². The highest BCUT2D eigenvalue weighted by molar-refractivity contribution is 7.99. The van der Waals surface area contributed by atoms with Gasteiger partial charge in [-0.15, -0.1) is 23.1 Å². The molecule has 2 heterocycles. The molecule has 4 nitrogen and oxygen atoms in total. The predicted octanol–water partition coefficient (Wildman–Crippen LogP) is 0.764. The smallest absolute Gasteiger partial charge is 0.240 e. The molecule has 0 spiro atoms. The van der Waals surface area contributed by atoms with E-state index in [2.05, 4.69) is 10.3 Å². The van der Waals surface area contributed by atoms with Gasteiger partial charge in [0.2, 0.25) is 5.91 Å². The van der Waals surface area contributed by atoms with E-state index in [-0.39, 0.29) is 11.9 Å². The van der Waals surface area contributed by atoms with Crippen molar-refractivity contribution in [2.24, 2.45) is 0 Å². The van der Waals surface area contributed by atoms with Crippen molar-refractivity contribution in [3.05, 3.63) is 16.6 Å². The maximum Gasteiger partial charge on any atom is 0.240 e. The summed E-state index contributed by atoms with van der Waals surface area (Å²) in [4.78, 5) is 17.8. The standard InChI is InChI=1S/C9H13N3OS2/c1-12(4-8-10-2-3-15-8)9(13)7-5-14-6-11-7/h2-3,7,11H,4-6H2,1H3. The molecule has 1 aromatic rings. The summed E-state index contributed by atoms with van der Waals surface area (Å²) in [6, 6.07) is -0.0139. The Labute approximate surface area is 97.1 Å². The number of amides is 1. The van der Waals surface area contributed by atoms with Gasteiger partial charge in [0.1, 0.15) is 5.01 Å². The summed E-state index contributed by atoms with van der Waals surface area (Å²) in [5, 5.41) is 6.08. The molecule has 1 saturated heterocycles. The topological polar surface area (TPSA) is 45.2 Å². The van der Waals surface area contributed by atoms with Gasteiger partial charge in [-0.1, -0.05) is 0 Å². The molecule has 1 aliphatic heterocycles. The zero-order chi connectivity index (χ0) is 10.7. The molecule has 2 rings (SSSR count). The summed E-state index contributed by atoms with van der Waals surface area (Å²) in [6.07, 6.45) is 1.77. The first kappa shape index (κ1) is 10.9. The highest BCUT2D eigenvalue weighted by Crippen LogP contribution is 2.13. The minimum Gasteiger partial charge on any atom is -0.338 e. The quantitative estimate of drug-likeness (QED) is 0.851. The van der Waals surface area contributed by atoms with Gasteiger partial charge >= 0.3 is 0 Å². The van der Waals surface area contributed by atoms with E-state index in [1.54, 1.807) is 34.2 Å². The molecule has 0 bridgehead atoms. The van der Waals surface area contributed by atoms with Gasteiger partial charge in [0.15, 0.2) is 0 Å². The minimum absolute atomic E-state index is 0.0139. The first-order chi connectivity index (χ1) is 7.27. The number of thioether (sulfide) groups is 1. The van der Waals surface area contributed by atoms with Gasteiger partial charge in [-0.25, -0.2) is 4.98 Å². The van der Waals surface area contributed by atoms with Crippen molar-refractivity contribution in [2.45, 2.75) is 12.6 Å². The van der Waals surface area contributed by atoms with Crippen molar-refractivity contribution in [2.75, 3.05) is 18.7 Å². The average molecular weight is 243 g/mol. The number of carbonyl (C=O) groups is 1. The molecule has 1 unspecified atom stereocenters. The summed E-state index contributed by atoms with van der Waals surface area (Å²) < 4.78 is 0. The van der Waals surface area contributed by atoms with E-state index in [4.69, 9.17) is 0 Å². The second-order valence-electron chi connectivity index (χ2n) is 3.39. The van der Waals surface area contributed by atoms with Gasteiger partial charge < -0.3 is 4.90 Å². The van der Waals surface area contributed by atoms with Crippen LogP contribution >= 0.6 is 23.1 Å². The third-order valence-corrected chi connectivity index (χ3v) is 3.95. The van der Waals surface area contributed by atoms with Gasteiger partial charge in [0.25, 0.3) is 0 Å². The van der Waals surface area contributed by atoms with Crippen molar-refractivity contribution in [3.63, 3.8) is 0 Å². The Hall–Kier alpha value is -0.590. The number of nitrogens with one attached hydrogen (secondary N) is 1. The van der Waals surface area contributed by atoms with Crippen molar-refractivity contribution in [3.8, 4) is 0 Å². The fourth-order valence-corrected chi connectivity index (χ4v) is 3.03. The minimum atomic E-state index is -0.0139. The number of nitrogens with zero attached hydrogens (tertiary/aromatic N) is 2. The molecule has 1 aliphatic rings. The van der Waals surface area contributed by atoms with Gasteiger partial charge in [-0.2, -0.15) is 0 Å². The van der Waals surface area contributed by atoms with Crippen LogP contribution in [-0.4, -0.2) is 40.5 Å². The number of thiazole rings is 1. The van der Waals surface area contributed by atoms with Crippen LogP contribution in [0.2, 0.25) is 0 Å². The molecule has 0 saturated carbocycles. The molecule has 1 aromatic heterocycles. The van der Waals surface area contributed by atoms with Crippen LogP contribution < -0.4 is 5.32 Å². The Kier molecular flexibility index (Phi) is 3.61. The summed E-state index contributed by atoms with van der Waals surface area (Å²) >= 11 is 3.34. The number of aromatic nitrogens is 1. The summed E-state index contributed by atoms with van der Waals surface area (Å²) in [5.41, 5.74) is 0. The number of carbonyl (C=O) groups excluding carboxylic acids is 1. The van der Waals surface area contributed by atoms with Crippen LogP contribution in [0.4, 0.5) is 0 Å². The molecule has 82 valence electrons. The lowest BCUT2D eigenvalue weighted by Crippen LogP contribution is -2.42. The van der Waals surface area contributed by atoms with Crippen LogP contribution in [0, 0.1) is 0 Å². The van der Waals surface area contributed by atoms with Gasteiger partial charge in [0.05, 0.1) is 12.6 Å². The van der Waals surface area contributed by atoms with Crippen molar-refractivity contribution < 1.29 is 4.79 Å². The SMILES string of the molecule is CN(Cc1nccs1)C(=O)C1CSCN1. The second-order valence-corrected chi connectivity index (χ2v) is 5.40. The number of rotatable bonds is 3. The Morgan fingerprint density at radius 2 is 2.67 bits per heavy atom. The Balaban J connectivity index is 1.89. The van der Waals surface area contributed by atoms with Crippen molar-refractivity contribution >= 4 is 29.0 Å². The molecule has 15 heavy (non-hydrogen) atoms. The number of hydrogen-bond acceptors (Lipinski definition) is 5. The molecule has 0 aromatic carbocycles. The molecule has 0 aliphatic carbocycles. The first-order valence-corrected chi connectivity index (χ1v) is 6.75. The van der Waals surface area contributed by atoms with Gasteiger partial charge in [0, 0.05) is 30.3 Å². The zero-order valence-corrected chi connectivity index (χ0v) is 10.1. The van der Waals surface area contributed by atoms with E-state index in [0.29, 0.717) is 6.54 Å². The second kappa shape index (κ2) is 4.96. The van der Waals surface area contributed by atoms with Crippen LogP contribution in [0.5, 0.6) is 0 Å². The molecule has 1 amide bonds. The van der Waals surface area contributed by atoms with E-state index < -0.39 is 0 Å². The molecule has 6 heteroatoms. The molecular weight excluding hydrogens is 230 g/mol. The Bertz CT molecular complexity index is 322. The van der Waals surface area contributed by atoms with Crippen LogP contribution in [-0.2, 0) is 11.3 Å². The molecular formula is C9H13N3OS2. The van der Waals surface area contributed by atoms with E-state index in [9.17, 15) is 4.79 Å². The van der Waals surface area contributed by atoms with Crippen LogP contribution in [0.3, 0.4) is 0 Å². The fourth-order valence-electron chi connectivity index (χ4n) is 1.43. The Morgan fingerprint density at radius 3 is 3.27 bits per heavy atom. The molecule has 1 N–H and O–H groups in total. The lowest BCUT2D eigenvalue weighted by molar-refractivity contribution is -0.131. The first-order valence-electron chi connectivity index (χ1n) is 4.72. The van der Waals surface area contributed by atoms with Crippen molar-refractivity contribution in [1.82, 2.24) is 15.2 Å². The van der Waals surface area contributed by atoms with E-state index in [1.165, 1.54) is 0 Å². The summed E-state index contributed by atoms with van der Waals surface area (Å²) in [5.74, 6) is 1.91. The highest BCUT2D eigenvalue weighted by atomic mass is 32.2. The monoisotopic (exact) mass is 243 g/mol. The molecule has 1 fully saturated rings. The predicted molar refractivity (Wildman–Crippen MR) is 62.8 cm³/mol. The van der Waals surface area contributed by atoms with E-state index in [0.717, 1.165) is 16.6 Å². The van der Waals surface area contributed by atoms with Crippen LogP contribution in [0.15, 0.2) is 11.6 Å². The van der Waals surface area contributed by atoms with Gasteiger partial charge in [-0.05, 0) is 0 Å². The third-order valence-electron chi connectivity index (χ3n) is 2.25. The lowest BCUT2D eigenvalue weighted by atomic mass is 10.3. The summed E-state index contributed by atoms with van der Waals surface area (Å²) in [7, 11) is 1.83. The Morgan fingerprint density at radius 1 is 1.80 bits per heavy atom.